The quantitative estimate of drug-likeness (QED) is 0.714. The predicted molar refractivity (Wildman–Crippen MR) is 84.7 cm³/mol. The van der Waals surface area contributed by atoms with Crippen LogP contribution in [0.1, 0.15) is 38.3 Å². The van der Waals surface area contributed by atoms with Gasteiger partial charge in [0, 0.05) is 23.3 Å². The molecule has 1 aromatic carbocycles. The number of aryl methyl sites for hydroxylation is 1. The standard InChI is InChI=1S/C16H27NOS/c1-12(2)10-17-11-15-5-6-16(9-13(15)3)19-14(4)7-8-18/h5-6,9,12,14,17-18H,7-8,10-11H2,1-4H3. The SMILES string of the molecule is Cc1cc(SC(C)CCO)ccc1CNCC(C)C. The molecule has 1 unspecified atom stereocenters. The highest BCUT2D eigenvalue weighted by atomic mass is 32.2. The highest BCUT2D eigenvalue weighted by Gasteiger charge is 2.06. The maximum Gasteiger partial charge on any atom is 0.0441 e. The minimum absolute atomic E-state index is 0.268. The Morgan fingerprint density at radius 2 is 2.00 bits per heavy atom. The van der Waals surface area contributed by atoms with E-state index in [1.165, 1.54) is 16.0 Å². The van der Waals surface area contributed by atoms with Gasteiger partial charge in [0.05, 0.1) is 0 Å². The van der Waals surface area contributed by atoms with Gasteiger partial charge >= 0.3 is 0 Å². The number of thioether (sulfide) groups is 1. The van der Waals surface area contributed by atoms with E-state index in [0.717, 1.165) is 19.5 Å². The lowest BCUT2D eigenvalue weighted by molar-refractivity contribution is 0.289. The highest BCUT2D eigenvalue weighted by Crippen LogP contribution is 2.26. The summed E-state index contributed by atoms with van der Waals surface area (Å²) >= 11 is 1.84. The van der Waals surface area contributed by atoms with Crippen molar-refractivity contribution in [3.8, 4) is 0 Å². The molecule has 0 aliphatic carbocycles. The van der Waals surface area contributed by atoms with Gasteiger partial charge in [-0.1, -0.05) is 26.8 Å². The van der Waals surface area contributed by atoms with E-state index < -0.39 is 0 Å². The van der Waals surface area contributed by atoms with Gasteiger partial charge in [-0.3, -0.25) is 0 Å². The fourth-order valence-electron chi connectivity index (χ4n) is 1.91. The number of aliphatic hydroxyl groups excluding tert-OH is 1. The van der Waals surface area contributed by atoms with Gasteiger partial charge in [-0.25, -0.2) is 0 Å². The number of hydrogen-bond acceptors (Lipinski definition) is 3. The van der Waals surface area contributed by atoms with E-state index in [1.54, 1.807) is 0 Å². The molecule has 1 rings (SSSR count). The Labute approximate surface area is 122 Å². The molecule has 0 aromatic heterocycles. The predicted octanol–water partition coefficient (Wildman–Crippen LogP) is 3.60. The van der Waals surface area contributed by atoms with Crippen LogP contribution in [0.3, 0.4) is 0 Å². The van der Waals surface area contributed by atoms with E-state index >= 15 is 0 Å². The molecule has 2 N–H and O–H groups in total. The molecular weight excluding hydrogens is 254 g/mol. The summed E-state index contributed by atoms with van der Waals surface area (Å²) in [5, 5.41) is 12.9. The summed E-state index contributed by atoms with van der Waals surface area (Å²) in [4.78, 5) is 1.30. The Hall–Kier alpha value is -0.510. The summed E-state index contributed by atoms with van der Waals surface area (Å²) in [7, 11) is 0. The van der Waals surface area contributed by atoms with Crippen LogP contribution in [-0.4, -0.2) is 23.5 Å². The number of benzene rings is 1. The zero-order valence-corrected chi connectivity index (χ0v) is 13.4. The maximum atomic E-state index is 8.93. The largest absolute Gasteiger partial charge is 0.396 e. The van der Waals surface area contributed by atoms with Crippen molar-refractivity contribution in [1.29, 1.82) is 0 Å². The van der Waals surface area contributed by atoms with Gasteiger partial charge in [-0.15, -0.1) is 11.8 Å². The summed E-state index contributed by atoms with van der Waals surface area (Å²) in [5.74, 6) is 0.689. The molecule has 0 heterocycles. The van der Waals surface area contributed by atoms with Gasteiger partial charge in [0.15, 0.2) is 0 Å². The molecule has 0 radical (unpaired) electrons. The van der Waals surface area contributed by atoms with Crippen LogP contribution in [0, 0.1) is 12.8 Å². The lowest BCUT2D eigenvalue weighted by Crippen LogP contribution is -2.19. The Morgan fingerprint density at radius 3 is 2.58 bits per heavy atom. The number of hydrogen-bond donors (Lipinski definition) is 2. The number of nitrogens with one attached hydrogen (secondary N) is 1. The second-order valence-corrected chi connectivity index (χ2v) is 7.07. The van der Waals surface area contributed by atoms with Crippen molar-refractivity contribution in [1.82, 2.24) is 5.32 Å². The normalized spacial score (nSPS) is 12.9. The summed E-state index contributed by atoms with van der Waals surface area (Å²) in [6, 6.07) is 6.67. The minimum atomic E-state index is 0.268. The van der Waals surface area contributed by atoms with Crippen molar-refractivity contribution in [2.24, 2.45) is 5.92 Å². The lowest BCUT2D eigenvalue weighted by Gasteiger charge is -2.13. The zero-order chi connectivity index (χ0) is 14.3. The molecule has 0 aliphatic heterocycles. The molecule has 0 amide bonds. The Balaban J connectivity index is 2.54. The van der Waals surface area contributed by atoms with Gasteiger partial charge in [0.2, 0.25) is 0 Å². The molecule has 0 saturated carbocycles. The molecule has 0 bridgehead atoms. The van der Waals surface area contributed by atoms with E-state index in [0.29, 0.717) is 11.2 Å². The molecule has 3 heteroatoms. The third-order valence-corrected chi connectivity index (χ3v) is 4.22. The second-order valence-electron chi connectivity index (χ2n) is 5.55. The zero-order valence-electron chi connectivity index (χ0n) is 12.6. The second kappa shape index (κ2) is 8.62. The number of aliphatic hydroxyl groups is 1. The monoisotopic (exact) mass is 281 g/mol. The molecule has 0 fully saturated rings. The molecule has 0 spiro atoms. The van der Waals surface area contributed by atoms with Crippen LogP contribution in [0.2, 0.25) is 0 Å². The first-order valence-corrected chi connectivity index (χ1v) is 7.98. The van der Waals surface area contributed by atoms with Crippen LogP contribution < -0.4 is 5.32 Å². The Bertz CT molecular complexity index is 379. The smallest absolute Gasteiger partial charge is 0.0441 e. The Kier molecular flexibility index (Phi) is 7.51. The van der Waals surface area contributed by atoms with Crippen molar-refractivity contribution in [3.05, 3.63) is 29.3 Å². The first-order valence-electron chi connectivity index (χ1n) is 7.10. The van der Waals surface area contributed by atoms with Gasteiger partial charge in [0.25, 0.3) is 0 Å². The van der Waals surface area contributed by atoms with Crippen LogP contribution in [0.5, 0.6) is 0 Å². The molecule has 1 aromatic rings. The van der Waals surface area contributed by atoms with Gasteiger partial charge in [0.1, 0.15) is 0 Å². The van der Waals surface area contributed by atoms with Crippen LogP contribution in [0.15, 0.2) is 23.1 Å². The van der Waals surface area contributed by atoms with E-state index in [9.17, 15) is 0 Å². The molecular formula is C16H27NOS. The van der Waals surface area contributed by atoms with Crippen molar-refractivity contribution in [2.45, 2.75) is 50.8 Å². The third kappa shape index (κ3) is 6.46. The maximum absolute atomic E-state index is 8.93. The lowest BCUT2D eigenvalue weighted by atomic mass is 10.1. The van der Waals surface area contributed by atoms with E-state index in [1.807, 2.05) is 11.8 Å². The summed E-state index contributed by atoms with van der Waals surface area (Å²) in [6.07, 6.45) is 0.849. The summed E-state index contributed by atoms with van der Waals surface area (Å²) < 4.78 is 0. The topological polar surface area (TPSA) is 32.3 Å². The average Bonchev–Trinajstić information content (AvgIpc) is 2.31. The van der Waals surface area contributed by atoms with Crippen LogP contribution in [0.4, 0.5) is 0 Å². The molecule has 0 saturated heterocycles. The first-order chi connectivity index (χ1) is 9.02. The van der Waals surface area contributed by atoms with Crippen molar-refractivity contribution >= 4 is 11.8 Å². The van der Waals surface area contributed by atoms with E-state index in [-0.39, 0.29) is 6.61 Å². The molecule has 2 nitrogen and oxygen atoms in total. The van der Waals surface area contributed by atoms with Gasteiger partial charge in [-0.2, -0.15) is 0 Å². The average molecular weight is 281 g/mol. The Morgan fingerprint density at radius 1 is 1.26 bits per heavy atom. The number of rotatable bonds is 8. The summed E-state index contributed by atoms with van der Waals surface area (Å²) in [6.45, 7) is 11.1. The fourth-order valence-corrected chi connectivity index (χ4v) is 2.99. The molecule has 19 heavy (non-hydrogen) atoms. The van der Waals surface area contributed by atoms with Crippen LogP contribution in [-0.2, 0) is 6.54 Å². The molecule has 1 atom stereocenters. The molecule has 0 aliphatic rings. The van der Waals surface area contributed by atoms with E-state index in [2.05, 4.69) is 51.2 Å². The van der Waals surface area contributed by atoms with Crippen LogP contribution >= 0.6 is 11.8 Å². The first kappa shape index (κ1) is 16.5. The minimum Gasteiger partial charge on any atom is -0.396 e. The highest BCUT2D eigenvalue weighted by molar-refractivity contribution is 7.99. The third-order valence-electron chi connectivity index (χ3n) is 3.05. The van der Waals surface area contributed by atoms with Crippen molar-refractivity contribution < 1.29 is 5.11 Å². The van der Waals surface area contributed by atoms with Crippen molar-refractivity contribution in [2.75, 3.05) is 13.2 Å². The van der Waals surface area contributed by atoms with E-state index in [4.69, 9.17) is 5.11 Å². The fraction of sp³-hybridized carbons (Fsp3) is 0.625. The molecule has 108 valence electrons. The van der Waals surface area contributed by atoms with Crippen LogP contribution in [0.25, 0.3) is 0 Å². The van der Waals surface area contributed by atoms with Gasteiger partial charge in [-0.05, 0) is 49.1 Å². The van der Waals surface area contributed by atoms with Crippen molar-refractivity contribution in [3.63, 3.8) is 0 Å². The summed E-state index contributed by atoms with van der Waals surface area (Å²) in [5.41, 5.74) is 2.72. The van der Waals surface area contributed by atoms with Gasteiger partial charge < -0.3 is 10.4 Å².